The van der Waals surface area contributed by atoms with E-state index in [4.69, 9.17) is 4.74 Å². The predicted octanol–water partition coefficient (Wildman–Crippen LogP) is 4.22. The minimum absolute atomic E-state index is 0.128. The Kier molecular flexibility index (Phi) is 4.09. The van der Waals surface area contributed by atoms with E-state index >= 15 is 0 Å². The highest BCUT2D eigenvalue weighted by atomic mass is 16.5. The van der Waals surface area contributed by atoms with E-state index in [1.54, 1.807) is 25.3 Å². The maximum absolute atomic E-state index is 9.56. The van der Waals surface area contributed by atoms with E-state index in [0.29, 0.717) is 5.88 Å². The van der Waals surface area contributed by atoms with Gasteiger partial charge in [-0.25, -0.2) is 4.98 Å². The van der Waals surface area contributed by atoms with Crippen LogP contribution in [0.2, 0.25) is 0 Å². The molecule has 0 aliphatic rings. The molecule has 3 nitrogen and oxygen atoms in total. The van der Waals surface area contributed by atoms with E-state index in [0.717, 1.165) is 11.3 Å². The number of nitrogens with zero attached hydrogens (tertiary/aromatic N) is 1. The molecule has 1 atom stereocenters. The summed E-state index contributed by atoms with van der Waals surface area (Å²) in [6, 6.07) is 11.5. The first-order chi connectivity index (χ1) is 9.36. The maximum Gasteiger partial charge on any atom is 0.219 e. The minimum Gasteiger partial charge on any atom is -0.439 e. The maximum atomic E-state index is 9.56. The summed E-state index contributed by atoms with van der Waals surface area (Å²) in [4.78, 5) is 4.15. The van der Waals surface area contributed by atoms with Gasteiger partial charge in [-0.15, -0.1) is 0 Å². The van der Waals surface area contributed by atoms with Crippen LogP contribution in [-0.4, -0.2) is 10.1 Å². The van der Waals surface area contributed by atoms with Gasteiger partial charge in [-0.05, 0) is 41.7 Å². The molecule has 0 saturated carbocycles. The smallest absolute Gasteiger partial charge is 0.219 e. The molecule has 0 saturated heterocycles. The largest absolute Gasteiger partial charge is 0.439 e. The number of pyridine rings is 1. The lowest BCUT2D eigenvalue weighted by Gasteiger charge is -2.19. The van der Waals surface area contributed by atoms with Crippen molar-refractivity contribution in [3.63, 3.8) is 0 Å². The van der Waals surface area contributed by atoms with E-state index in [-0.39, 0.29) is 5.41 Å². The van der Waals surface area contributed by atoms with Crippen molar-refractivity contribution in [1.82, 2.24) is 4.98 Å². The molecular formula is C17H21NO2. The zero-order valence-corrected chi connectivity index (χ0v) is 12.4. The second kappa shape index (κ2) is 5.63. The quantitative estimate of drug-likeness (QED) is 0.908. The second-order valence-corrected chi connectivity index (χ2v) is 5.98. The van der Waals surface area contributed by atoms with Crippen molar-refractivity contribution < 1.29 is 9.84 Å². The molecule has 1 aromatic heterocycles. The average Bonchev–Trinajstić information content (AvgIpc) is 2.38. The fourth-order valence-electron chi connectivity index (χ4n) is 1.88. The van der Waals surface area contributed by atoms with Crippen LogP contribution in [0.5, 0.6) is 11.6 Å². The van der Waals surface area contributed by atoms with Crippen LogP contribution in [0.4, 0.5) is 0 Å². The molecule has 0 aliphatic heterocycles. The summed E-state index contributed by atoms with van der Waals surface area (Å²) in [5, 5.41) is 9.56. The number of aromatic nitrogens is 1. The van der Waals surface area contributed by atoms with Crippen LogP contribution in [0.15, 0.2) is 42.6 Å². The molecule has 1 N–H and O–H groups in total. The molecule has 2 rings (SSSR count). The number of hydrogen-bond donors (Lipinski definition) is 1. The van der Waals surface area contributed by atoms with Crippen molar-refractivity contribution in [3.05, 3.63) is 53.7 Å². The highest BCUT2D eigenvalue weighted by molar-refractivity contribution is 5.34. The Morgan fingerprint density at radius 1 is 1.10 bits per heavy atom. The Morgan fingerprint density at radius 2 is 1.75 bits per heavy atom. The summed E-state index contributed by atoms with van der Waals surface area (Å²) in [5.41, 5.74) is 2.18. The Bertz CT molecular complexity index is 568. The van der Waals surface area contributed by atoms with Crippen LogP contribution >= 0.6 is 0 Å². The topological polar surface area (TPSA) is 42.4 Å². The molecular weight excluding hydrogens is 250 g/mol. The van der Waals surface area contributed by atoms with Crippen molar-refractivity contribution in [2.45, 2.75) is 39.2 Å². The number of ether oxygens (including phenoxy) is 1. The lowest BCUT2D eigenvalue weighted by molar-refractivity contribution is 0.198. The summed E-state index contributed by atoms with van der Waals surface area (Å²) in [6.45, 7) is 8.25. The van der Waals surface area contributed by atoms with Gasteiger partial charge in [0, 0.05) is 12.3 Å². The standard InChI is InChI=1S/C17H21NO2/c1-12(19)13-9-10-18-16(11-13)20-15-7-5-14(6-8-15)17(2,3)4/h5-12,19H,1-4H3. The van der Waals surface area contributed by atoms with E-state index < -0.39 is 6.10 Å². The molecule has 1 heterocycles. The van der Waals surface area contributed by atoms with Crippen LogP contribution in [0.25, 0.3) is 0 Å². The first-order valence-corrected chi connectivity index (χ1v) is 6.79. The lowest BCUT2D eigenvalue weighted by Crippen LogP contribution is -2.10. The van der Waals surface area contributed by atoms with Gasteiger partial charge in [-0.3, -0.25) is 0 Å². The highest BCUT2D eigenvalue weighted by Gasteiger charge is 2.13. The molecule has 0 amide bonds. The first kappa shape index (κ1) is 14.5. The van der Waals surface area contributed by atoms with Crippen LogP contribution in [0, 0.1) is 0 Å². The molecule has 1 unspecified atom stereocenters. The van der Waals surface area contributed by atoms with E-state index in [2.05, 4.69) is 37.9 Å². The normalized spacial score (nSPS) is 13.1. The van der Waals surface area contributed by atoms with Crippen molar-refractivity contribution >= 4 is 0 Å². The van der Waals surface area contributed by atoms with Gasteiger partial charge in [0.15, 0.2) is 0 Å². The van der Waals surface area contributed by atoms with Crippen LogP contribution in [0.1, 0.15) is 44.9 Å². The summed E-state index contributed by atoms with van der Waals surface area (Å²) in [7, 11) is 0. The molecule has 0 radical (unpaired) electrons. The van der Waals surface area contributed by atoms with Gasteiger partial charge >= 0.3 is 0 Å². The SMILES string of the molecule is CC(O)c1ccnc(Oc2ccc(C(C)(C)C)cc2)c1. The van der Waals surface area contributed by atoms with Crippen molar-refractivity contribution in [1.29, 1.82) is 0 Å². The van der Waals surface area contributed by atoms with Gasteiger partial charge in [0.1, 0.15) is 5.75 Å². The fraction of sp³-hybridized carbons (Fsp3) is 0.353. The molecule has 0 fully saturated rings. The van der Waals surface area contributed by atoms with Gasteiger partial charge in [0.2, 0.25) is 5.88 Å². The Labute approximate surface area is 120 Å². The summed E-state index contributed by atoms with van der Waals surface area (Å²) in [5.74, 6) is 1.24. The monoisotopic (exact) mass is 271 g/mol. The number of hydrogen-bond acceptors (Lipinski definition) is 3. The second-order valence-electron chi connectivity index (χ2n) is 5.98. The van der Waals surface area contributed by atoms with E-state index in [9.17, 15) is 5.11 Å². The van der Waals surface area contributed by atoms with Gasteiger partial charge in [-0.1, -0.05) is 32.9 Å². The zero-order valence-electron chi connectivity index (χ0n) is 12.4. The fourth-order valence-corrected chi connectivity index (χ4v) is 1.88. The molecule has 0 bridgehead atoms. The molecule has 2 aromatic rings. The van der Waals surface area contributed by atoms with Gasteiger partial charge < -0.3 is 9.84 Å². The lowest BCUT2D eigenvalue weighted by atomic mass is 9.87. The van der Waals surface area contributed by atoms with Crippen LogP contribution in [-0.2, 0) is 5.41 Å². The summed E-state index contributed by atoms with van der Waals surface area (Å²) >= 11 is 0. The first-order valence-electron chi connectivity index (χ1n) is 6.79. The van der Waals surface area contributed by atoms with Crippen LogP contribution in [0.3, 0.4) is 0 Å². The number of benzene rings is 1. The van der Waals surface area contributed by atoms with Crippen molar-refractivity contribution in [3.8, 4) is 11.6 Å². The van der Waals surface area contributed by atoms with Crippen molar-refractivity contribution in [2.75, 3.05) is 0 Å². The van der Waals surface area contributed by atoms with E-state index in [1.165, 1.54) is 5.56 Å². The van der Waals surface area contributed by atoms with Gasteiger partial charge in [0.25, 0.3) is 0 Å². The minimum atomic E-state index is -0.524. The molecule has 106 valence electrons. The molecule has 0 spiro atoms. The van der Waals surface area contributed by atoms with Crippen molar-refractivity contribution in [2.24, 2.45) is 0 Å². The van der Waals surface area contributed by atoms with Crippen LogP contribution < -0.4 is 4.74 Å². The molecule has 0 aliphatic carbocycles. The summed E-state index contributed by atoms with van der Waals surface area (Å²) < 4.78 is 5.71. The Morgan fingerprint density at radius 3 is 2.30 bits per heavy atom. The average molecular weight is 271 g/mol. The number of rotatable bonds is 3. The van der Waals surface area contributed by atoms with Gasteiger partial charge in [-0.2, -0.15) is 0 Å². The third-order valence-electron chi connectivity index (χ3n) is 3.18. The third-order valence-corrected chi connectivity index (χ3v) is 3.18. The molecule has 1 aromatic carbocycles. The molecule has 20 heavy (non-hydrogen) atoms. The highest BCUT2D eigenvalue weighted by Crippen LogP contribution is 2.27. The number of aliphatic hydroxyl groups excluding tert-OH is 1. The Balaban J connectivity index is 2.16. The van der Waals surface area contributed by atoms with E-state index in [1.807, 2.05) is 12.1 Å². The van der Waals surface area contributed by atoms with Gasteiger partial charge in [0.05, 0.1) is 6.10 Å². The predicted molar refractivity (Wildman–Crippen MR) is 80.1 cm³/mol. The third kappa shape index (κ3) is 3.58. The summed E-state index contributed by atoms with van der Waals surface area (Å²) in [6.07, 6.45) is 1.12. The zero-order chi connectivity index (χ0) is 14.8. The Hall–Kier alpha value is -1.87. The number of aliphatic hydroxyl groups is 1. The molecule has 3 heteroatoms.